The number of rotatable bonds is 5. The van der Waals surface area contributed by atoms with Gasteiger partial charge in [-0.25, -0.2) is 0 Å². The van der Waals surface area contributed by atoms with Gasteiger partial charge in [-0.2, -0.15) is 0 Å². The minimum atomic E-state index is 0.302. The molecule has 3 heteroatoms. The Morgan fingerprint density at radius 3 is 2.88 bits per heavy atom. The Labute approximate surface area is 97.2 Å². The highest BCUT2D eigenvalue weighted by Gasteiger charge is 2.29. The number of anilines is 1. The maximum atomic E-state index is 6.11. The van der Waals surface area contributed by atoms with Crippen molar-refractivity contribution in [1.82, 2.24) is 0 Å². The molecule has 0 aromatic heterocycles. The SMILES string of the molecule is COc1cccc(N(C)CC(N)C2CC2)c1. The molecule has 1 aliphatic rings. The fraction of sp³-hybridized carbons (Fsp3) is 0.538. The van der Waals surface area contributed by atoms with Crippen LogP contribution in [-0.2, 0) is 0 Å². The molecule has 1 aromatic rings. The fourth-order valence-corrected chi connectivity index (χ4v) is 1.94. The average Bonchev–Trinajstić information content (AvgIpc) is 3.13. The highest BCUT2D eigenvalue weighted by Crippen LogP contribution is 2.32. The molecule has 2 N–H and O–H groups in total. The van der Waals surface area contributed by atoms with Crippen molar-refractivity contribution in [3.05, 3.63) is 24.3 Å². The van der Waals surface area contributed by atoms with Crippen LogP contribution in [0.15, 0.2) is 24.3 Å². The fourth-order valence-electron chi connectivity index (χ4n) is 1.94. The van der Waals surface area contributed by atoms with Crippen LogP contribution in [0.3, 0.4) is 0 Å². The molecule has 1 aromatic carbocycles. The lowest BCUT2D eigenvalue weighted by Crippen LogP contribution is -2.36. The molecule has 1 unspecified atom stereocenters. The first-order valence-corrected chi connectivity index (χ1v) is 5.81. The number of nitrogens with two attached hydrogens (primary N) is 1. The summed E-state index contributed by atoms with van der Waals surface area (Å²) in [6, 6.07) is 8.39. The zero-order valence-corrected chi connectivity index (χ0v) is 10.0. The molecular formula is C13H20N2O. The zero-order chi connectivity index (χ0) is 11.5. The summed E-state index contributed by atoms with van der Waals surface area (Å²) in [5.74, 6) is 1.64. The van der Waals surface area contributed by atoms with E-state index in [1.165, 1.54) is 12.8 Å². The number of benzene rings is 1. The molecular weight excluding hydrogens is 200 g/mol. The third-order valence-electron chi connectivity index (χ3n) is 3.21. The van der Waals surface area contributed by atoms with E-state index >= 15 is 0 Å². The Kier molecular flexibility index (Phi) is 3.34. The summed E-state index contributed by atoms with van der Waals surface area (Å²) in [5, 5.41) is 0. The number of hydrogen-bond donors (Lipinski definition) is 1. The average molecular weight is 220 g/mol. The van der Waals surface area contributed by atoms with Gasteiger partial charge in [-0.3, -0.25) is 0 Å². The second kappa shape index (κ2) is 4.74. The van der Waals surface area contributed by atoms with E-state index in [2.05, 4.69) is 18.0 Å². The Morgan fingerprint density at radius 1 is 1.50 bits per heavy atom. The molecule has 1 aliphatic carbocycles. The van der Waals surface area contributed by atoms with Crippen LogP contribution in [-0.4, -0.2) is 26.7 Å². The van der Waals surface area contributed by atoms with Crippen LogP contribution >= 0.6 is 0 Å². The van der Waals surface area contributed by atoms with Crippen molar-refractivity contribution in [1.29, 1.82) is 0 Å². The molecule has 0 amide bonds. The molecule has 0 heterocycles. The number of methoxy groups -OCH3 is 1. The Morgan fingerprint density at radius 2 is 2.25 bits per heavy atom. The summed E-state index contributed by atoms with van der Waals surface area (Å²) in [4.78, 5) is 2.20. The normalized spacial score (nSPS) is 16.9. The predicted octanol–water partition coefficient (Wildman–Crippen LogP) is 1.87. The van der Waals surface area contributed by atoms with Crippen LogP contribution in [0, 0.1) is 5.92 Å². The van der Waals surface area contributed by atoms with Crippen molar-refractivity contribution >= 4 is 5.69 Å². The Hall–Kier alpha value is -1.22. The molecule has 1 saturated carbocycles. The number of likely N-dealkylation sites (N-methyl/N-ethyl adjacent to an activating group) is 1. The summed E-state index contributed by atoms with van der Waals surface area (Å²) in [7, 11) is 3.77. The molecule has 1 atom stereocenters. The van der Waals surface area contributed by atoms with Crippen molar-refractivity contribution in [3.8, 4) is 5.75 Å². The van der Waals surface area contributed by atoms with Gasteiger partial charge in [-0.15, -0.1) is 0 Å². The smallest absolute Gasteiger partial charge is 0.120 e. The van der Waals surface area contributed by atoms with E-state index in [0.29, 0.717) is 6.04 Å². The monoisotopic (exact) mass is 220 g/mol. The summed E-state index contributed by atoms with van der Waals surface area (Å²) >= 11 is 0. The Bertz CT molecular complexity index is 350. The van der Waals surface area contributed by atoms with E-state index in [9.17, 15) is 0 Å². The van der Waals surface area contributed by atoms with Crippen LogP contribution in [0.2, 0.25) is 0 Å². The van der Waals surface area contributed by atoms with Gasteiger partial charge in [-0.1, -0.05) is 6.07 Å². The summed E-state index contributed by atoms with van der Waals surface area (Å²) in [5.41, 5.74) is 7.28. The highest BCUT2D eigenvalue weighted by atomic mass is 16.5. The van der Waals surface area contributed by atoms with Crippen LogP contribution in [0.25, 0.3) is 0 Å². The van der Waals surface area contributed by atoms with Crippen LogP contribution in [0.4, 0.5) is 5.69 Å². The van der Waals surface area contributed by atoms with Crippen molar-refractivity contribution in [3.63, 3.8) is 0 Å². The maximum Gasteiger partial charge on any atom is 0.120 e. The molecule has 0 radical (unpaired) electrons. The van der Waals surface area contributed by atoms with Crippen molar-refractivity contribution < 1.29 is 4.74 Å². The third-order valence-corrected chi connectivity index (χ3v) is 3.21. The molecule has 3 nitrogen and oxygen atoms in total. The minimum absolute atomic E-state index is 0.302. The van der Waals surface area contributed by atoms with Crippen LogP contribution < -0.4 is 15.4 Å². The number of nitrogens with zero attached hydrogens (tertiary/aromatic N) is 1. The quantitative estimate of drug-likeness (QED) is 0.823. The first kappa shape index (κ1) is 11.3. The van der Waals surface area contributed by atoms with Crippen LogP contribution in [0.5, 0.6) is 5.75 Å². The van der Waals surface area contributed by atoms with Crippen molar-refractivity contribution in [2.45, 2.75) is 18.9 Å². The van der Waals surface area contributed by atoms with E-state index in [1.807, 2.05) is 18.2 Å². The first-order chi connectivity index (χ1) is 7.70. The van der Waals surface area contributed by atoms with E-state index < -0.39 is 0 Å². The number of hydrogen-bond acceptors (Lipinski definition) is 3. The molecule has 2 rings (SSSR count). The first-order valence-electron chi connectivity index (χ1n) is 5.81. The standard InChI is InChI=1S/C13H20N2O/c1-15(9-13(14)10-6-7-10)11-4-3-5-12(8-11)16-2/h3-5,8,10,13H,6-7,9,14H2,1-2H3. The molecule has 0 bridgehead atoms. The molecule has 0 saturated heterocycles. The maximum absolute atomic E-state index is 6.11. The van der Waals surface area contributed by atoms with E-state index in [-0.39, 0.29) is 0 Å². The summed E-state index contributed by atoms with van der Waals surface area (Å²) in [6.07, 6.45) is 2.60. The van der Waals surface area contributed by atoms with E-state index in [0.717, 1.165) is 23.9 Å². The molecule has 16 heavy (non-hydrogen) atoms. The van der Waals surface area contributed by atoms with Gasteiger partial charge >= 0.3 is 0 Å². The lowest BCUT2D eigenvalue weighted by Gasteiger charge is -2.23. The highest BCUT2D eigenvalue weighted by molar-refractivity contribution is 5.50. The van der Waals surface area contributed by atoms with Gasteiger partial charge in [0, 0.05) is 31.4 Å². The van der Waals surface area contributed by atoms with Gasteiger partial charge in [0.05, 0.1) is 7.11 Å². The third kappa shape index (κ3) is 2.67. The van der Waals surface area contributed by atoms with E-state index in [4.69, 9.17) is 10.5 Å². The Balaban J connectivity index is 1.98. The number of ether oxygens (including phenoxy) is 1. The zero-order valence-electron chi connectivity index (χ0n) is 10.0. The molecule has 0 spiro atoms. The topological polar surface area (TPSA) is 38.5 Å². The van der Waals surface area contributed by atoms with Gasteiger partial charge in [0.2, 0.25) is 0 Å². The van der Waals surface area contributed by atoms with Gasteiger partial charge < -0.3 is 15.4 Å². The van der Waals surface area contributed by atoms with Crippen molar-refractivity contribution in [2.24, 2.45) is 11.7 Å². The van der Waals surface area contributed by atoms with Crippen molar-refractivity contribution in [2.75, 3.05) is 25.6 Å². The minimum Gasteiger partial charge on any atom is -0.497 e. The molecule has 1 fully saturated rings. The van der Waals surface area contributed by atoms with Crippen LogP contribution in [0.1, 0.15) is 12.8 Å². The van der Waals surface area contributed by atoms with Gasteiger partial charge in [0.1, 0.15) is 5.75 Å². The molecule has 88 valence electrons. The molecule has 0 aliphatic heterocycles. The van der Waals surface area contributed by atoms with Gasteiger partial charge in [0.25, 0.3) is 0 Å². The van der Waals surface area contributed by atoms with E-state index in [1.54, 1.807) is 7.11 Å². The predicted molar refractivity (Wildman–Crippen MR) is 67.0 cm³/mol. The van der Waals surface area contributed by atoms with Gasteiger partial charge in [-0.05, 0) is 30.9 Å². The largest absolute Gasteiger partial charge is 0.497 e. The second-order valence-electron chi connectivity index (χ2n) is 4.58. The lowest BCUT2D eigenvalue weighted by molar-refractivity contribution is 0.414. The summed E-state index contributed by atoms with van der Waals surface area (Å²) < 4.78 is 5.21. The lowest BCUT2D eigenvalue weighted by atomic mass is 10.2. The second-order valence-corrected chi connectivity index (χ2v) is 4.58. The summed E-state index contributed by atoms with van der Waals surface area (Å²) in [6.45, 7) is 0.915. The van der Waals surface area contributed by atoms with Gasteiger partial charge in [0.15, 0.2) is 0 Å².